The van der Waals surface area contributed by atoms with Gasteiger partial charge in [-0.05, 0) is 24.0 Å². The molecule has 2 heterocycles. The van der Waals surface area contributed by atoms with Gasteiger partial charge in [0.2, 0.25) is 5.90 Å². The number of hydrogen-bond donors (Lipinski definition) is 1. The third kappa shape index (κ3) is 3.01. The lowest BCUT2D eigenvalue weighted by atomic mass is 10.1. The fraction of sp³-hybridized carbons (Fsp3) is 0.556. The Kier molecular flexibility index (Phi) is 4.19. The molecule has 1 aromatic carbocycles. The first-order valence-electron chi connectivity index (χ1n) is 8.17. The second-order valence-corrected chi connectivity index (χ2v) is 6.81. The van der Waals surface area contributed by atoms with E-state index in [1.54, 1.807) is 0 Å². The lowest BCUT2D eigenvalue weighted by molar-refractivity contribution is 0.292. The van der Waals surface area contributed by atoms with Gasteiger partial charge in [-0.2, -0.15) is 0 Å². The van der Waals surface area contributed by atoms with Gasteiger partial charge in [0.25, 0.3) is 0 Å². The molecular formula is C18H25N3O. The molecule has 2 unspecified atom stereocenters. The number of rotatable bonds is 4. The van der Waals surface area contributed by atoms with Crippen LogP contribution in [0.25, 0.3) is 0 Å². The zero-order chi connectivity index (χ0) is 15.7. The van der Waals surface area contributed by atoms with Crippen molar-refractivity contribution in [2.75, 3.05) is 13.2 Å². The predicted molar refractivity (Wildman–Crippen MR) is 90.7 cm³/mol. The largest absolute Gasteiger partial charge is 0.475 e. The summed E-state index contributed by atoms with van der Waals surface area (Å²) < 4.78 is 5.78. The fourth-order valence-electron chi connectivity index (χ4n) is 2.71. The molecule has 0 saturated carbocycles. The first-order chi connectivity index (χ1) is 10.5. The summed E-state index contributed by atoms with van der Waals surface area (Å²) in [6.45, 7) is 10.4. The quantitative estimate of drug-likeness (QED) is 0.929. The second-order valence-electron chi connectivity index (χ2n) is 6.81. The summed E-state index contributed by atoms with van der Waals surface area (Å²) in [7, 11) is 0. The number of benzene rings is 1. The molecule has 2 aliphatic heterocycles. The Hall–Kier alpha value is -1.84. The first-order valence-corrected chi connectivity index (χ1v) is 8.17. The lowest BCUT2D eigenvalue weighted by Crippen LogP contribution is -2.24. The van der Waals surface area contributed by atoms with Crippen molar-refractivity contribution in [3.05, 3.63) is 35.4 Å². The second kappa shape index (κ2) is 6.11. The zero-order valence-electron chi connectivity index (χ0n) is 13.8. The van der Waals surface area contributed by atoms with Gasteiger partial charge in [0.05, 0.1) is 12.1 Å². The van der Waals surface area contributed by atoms with Crippen molar-refractivity contribution < 1.29 is 4.74 Å². The van der Waals surface area contributed by atoms with E-state index < -0.39 is 0 Å². The highest BCUT2D eigenvalue weighted by atomic mass is 16.5. The summed E-state index contributed by atoms with van der Waals surface area (Å²) in [6, 6.07) is 8.95. The smallest absolute Gasteiger partial charge is 0.216 e. The molecule has 4 nitrogen and oxygen atoms in total. The molecule has 0 aliphatic carbocycles. The van der Waals surface area contributed by atoms with Crippen molar-refractivity contribution in [2.24, 2.45) is 21.8 Å². The predicted octanol–water partition coefficient (Wildman–Crippen LogP) is 2.86. The number of hydrogen-bond acceptors (Lipinski definition) is 4. The van der Waals surface area contributed by atoms with E-state index >= 15 is 0 Å². The van der Waals surface area contributed by atoms with Gasteiger partial charge in [0.1, 0.15) is 12.4 Å². The van der Waals surface area contributed by atoms with E-state index in [0.29, 0.717) is 24.5 Å². The Morgan fingerprint density at radius 2 is 1.77 bits per heavy atom. The normalized spacial score (nSPS) is 24.3. The van der Waals surface area contributed by atoms with Crippen LogP contribution < -0.4 is 5.32 Å². The van der Waals surface area contributed by atoms with Crippen LogP contribution >= 0.6 is 0 Å². The highest BCUT2D eigenvalue weighted by Gasteiger charge is 2.24. The third-order valence-corrected chi connectivity index (χ3v) is 4.37. The molecule has 4 heteroatoms. The molecular weight excluding hydrogens is 274 g/mol. The summed E-state index contributed by atoms with van der Waals surface area (Å²) >= 11 is 0. The summed E-state index contributed by atoms with van der Waals surface area (Å²) in [5.41, 5.74) is 2.15. The Morgan fingerprint density at radius 1 is 1.05 bits per heavy atom. The molecule has 0 amide bonds. The summed E-state index contributed by atoms with van der Waals surface area (Å²) in [5.74, 6) is 2.81. The molecule has 0 saturated heterocycles. The van der Waals surface area contributed by atoms with Crippen LogP contribution in [0.4, 0.5) is 0 Å². The molecule has 118 valence electrons. The van der Waals surface area contributed by atoms with Crippen LogP contribution in [0.15, 0.2) is 34.3 Å². The standard InChI is InChI=1S/C18H25N3O/c1-11(2)15-9-19-17(20-15)13-6-5-7-14(8-13)18-21-16(10-22-18)12(3)4/h5-8,11-12,15-16H,9-10H2,1-4H3,(H,19,20). The van der Waals surface area contributed by atoms with Gasteiger partial charge in [-0.1, -0.05) is 39.8 Å². The molecule has 2 atom stereocenters. The maximum Gasteiger partial charge on any atom is 0.216 e. The average Bonchev–Trinajstić information content (AvgIpc) is 3.17. The van der Waals surface area contributed by atoms with Crippen molar-refractivity contribution in [1.29, 1.82) is 0 Å². The van der Waals surface area contributed by atoms with Gasteiger partial charge < -0.3 is 10.1 Å². The van der Waals surface area contributed by atoms with E-state index in [1.165, 1.54) is 0 Å². The van der Waals surface area contributed by atoms with E-state index in [-0.39, 0.29) is 6.04 Å². The first kappa shape index (κ1) is 15.1. The van der Waals surface area contributed by atoms with E-state index in [0.717, 1.165) is 29.4 Å². The van der Waals surface area contributed by atoms with Gasteiger partial charge in [0.15, 0.2) is 0 Å². The molecule has 1 N–H and O–H groups in total. The Bertz CT molecular complexity index is 555. The highest BCUT2D eigenvalue weighted by Crippen LogP contribution is 2.19. The molecule has 0 aromatic heterocycles. The molecule has 22 heavy (non-hydrogen) atoms. The van der Waals surface area contributed by atoms with E-state index in [2.05, 4.69) is 51.2 Å². The van der Waals surface area contributed by atoms with Crippen molar-refractivity contribution in [1.82, 2.24) is 5.32 Å². The number of nitrogens with zero attached hydrogens (tertiary/aromatic N) is 2. The Labute approximate surface area is 132 Å². The maximum atomic E-state index is 5.78. The van der Waals surface area contributed by atoms with Crippen molar-refractivity contribution >= 4 is 11.7 Å². The molecule has 0 spiro atoms. The summed E-state index contributed by atoms with van der Waals surface area (Å²) in [5, 5.41) is 3.42. The monoisotopic (exact) mass is 299 g/mol. The van der Waals surface area contributed by atoms with E-state index in [4.69, 9.17) is 14.7 Å². The summed E-state index contributed by atoms with van der Waals surface area (Å²) in [6.07, 6.45) is 0. The van der Waals surface area contributed by atoms with Crippen molar-refractivity contribution in [2.45, 2.75) is 39.8 Å². The zero-order valence-corrected chi connectivity index (χ0v) is 13.8. The van der Waals surface area contributed by atoms with Gasteiger partial charge in [-0.3, -0.25) is 4.99 Å². The minimum atomic E-state index is 0.269. The van der Waals surface area contributed by atoms with Crippen LogP contribution in [-0.4, -0.2) is 37.0 Å². The van der Waals surface area contributed by atoms with Gasteiger partial charge in [-0.25, -0.2) is 4.99 Å². The Morgan fingerprint density at radius 3 is 2.41 bits per heavy atom. The fourth-order valence-corrected chi connectivity index (χ4v) is 2.71. The van der Waals surface area contributed by atoms with Crippen LogP contribution in [0.1, 0.15) is 38.8 Å². The van der Waals surface area contributed by atoms with Crippen LogP contribution in [-0.2, 0) is 4.74 Å². The molecule has 3 rings (SSSR count). The van der Waals surface area contributed by atoms with Crippen LogP contribution in [0, 0.1) is 11.8 Å². The molecule has 0 fully saturated rings. The van der Waals surface area contributed by atoms with E-state index in [9.17, 15) is 0 Å². The van der Waals surface area contributed by atoms with Gasteiger partial charge in [-0.15, -0.1) is 0 Å². The SMILES string of the molecule is CC(C)C1CNC(c2cccc(C3=NC(C(C)C)CO3)c2)=N1. The molecule has 2 aliphatic rings. The van der Waals surface area contributed by atoms with Crippen LogP contribution in [0.5, 0.6) is 0 Å². The minimum Gasteiger partial charge on any atom is -0.475 e. The molecule has 0 bridgehead atoms. The van der Waals surface area contributed by atoms with Gasteiger partial charge in [0, 0.05) is 17.7 Å². The molecule has 0 radical (unpaired) electrons. The minimum absolute atomic E-state index is 0.269. The number of amidine groups is 1. The highest BCUT2D eigenvalue weighted by molar-refractivity contribution is 6.03. The Balaban J connectivity index is 1.82. The topological polar surface area (TPSA) is 46.0 Å². The van der Waals surface area contributed by atoms with E-state index in [1.807, 2.05) is 6.07 Å². The maximum absolute atomic E-state index is 5.78. The lowest BCUT2D eigenvalue weighted by Gasteiger charge is -2.08. The van der Waals surface area contributed by atoms with Gasteiger partial charge >= 0.3 is 0 Å². The van der Waals surface area contributed by atoms with Crippen LogP contribution in [0.2, 0.25) is 0 Å². The number of ether oxygens (including phenoxy) is 1. The summed E-state index contributed by atoms with van der Waals surface area (Å²) in [4.78, 5) is 9.50. The third-order valence-electron chi connectivity index (χ3n) is 4.37. The number of nitrogens with one attached hydrogen (secondary N) is 1. The molecule has 1 aromatic rings. The van der Waals surface area contributed by atoms with Crippen LogP contribution in [0.3, 0.4) is 0 Å². The number of aliphatic imine (C=N–C) groups is 2. The van der Waals surface area contributed by atoms with Crippen molar-refractivity contribution in [3.8, 4) is 0 Å². The average molecular weight is 299 g/mol. The van der Waals surface area contributed by atoms with Crippen molar-refractivity contribution in [3.63, 3.8) is 0 Å².